The van der Waals surface area contributed by atoms with Gasteiger partial charge in [0.1, 0.15) is 0 Å². The second kappa shape index (κ2) is 8.44. The third kappa shape index (κ3) is 4.02. The highest BCUT2D eigenvalue weighted by Gasteiger charge is 2.34. The van der Waals surface area contributed by atoms with E-state index in [0.717, 1.165) is 27.9 Å². The van der Waals surface area contributed by atoms with E-state index in [2.05, 4.69) is 34.2 Å². The molecule has 170 valence electrons. The van der Waals surface area contributed by atoms with Gasteiger partial charge in [0.2, 0.25) is 0 Å². The first kappa shape index (κ1) is 21.3. The predicted octanol–water partition coefficient (Wildman–Crippen LogP) is 3.76. The lowest BCUT2D eigenvalue weighted by Crippen LogP contribution is -2.58. The van der Waals surface area contributed by atoms with E-state index in [1.54, 1.807) is 9.58 Å². The first-order valence-corrected chi connectivity index (χ1v) is 11.3. The van der Waals surface area contributed by atoms with Gasteiger partial charge in [0, 0.05) is 61.1 Å². The highest BCUT2D eigenvalue weighted by Crippen LogP contribution is 2.31. The first-order chi connectivity index (χ1) is 15.9. The predicted molar refractivity (Wildman–Crippen MR) is 130 cm³/mol. The average molecular weight is 464 g/mol. The molecule has 5 rings (SSSR count). The van der Waals surface area contributed by atoms with Gasteiger partial charge in [-0.05, 0) is 23.8 Å². The van der Waals surface area contributed by atoms with Crippen molar-refractivity contribution < 1.29 is 4.79 Å². The van der Waals surface area contributed by atoms with Crippen LogP contribution >= 0.6 is 11.6 Å². The van der Waals surface area contributed by atoms with Crippen molar-refractivity contribution in [3.8, 4) is 11.1 Å². The van der Waals surface area contributed by atoms with Gasteiger partial charge in [0.15, 0.2) is 0 Å². The molecule has 2 amide bonds. The smallest absolute Gasteiger partial charge is 0.315 e. The molecule has 0 saturated carbocycles. The van der Waals surface area contributed by atoms with E-state index in [1.165, 1.54) is 0 Å². The van der Waals surface area contributed by atoms with E-state index in [4.69, 9.17) is 17.3 Å². The summed E-state index contributed by atoms with van der Waals surface area (Å²) in [7, 11) is 1.90. The van der Waals surface area contributed by atoms with Gasteiger partial charge in [0.25, 0.3) is 0 Å². The number of carbonyl (C=O) groups excluding carboxylic acids is 1. The summed E-state index contributed by atoms with van der Waals surface area (Å²) < 4.78 is 3.68. The standard InChI is InChI=1S/C24H26ClN7O/c1-16(17-3-6-20(25)7-4-17)23-15-30(9-10-31(23)24(26)33)22-12-28-32-14-18(5-8-21(22)32)19-11-27-29(2)13-19/h3-8,11-14,16,23H,9-10,15H2,1-2H3,(H2,26,33)/t16-,23?/m1/s1. The summed E-state index contributed by atoms with van der Waals surface area (Å²) >= 11 is 6.07. The first-order valence-electron chi connectivity index (χ1n) is 10.9. The lowest BCUT2D eigenvalue weighted by atomic mass is 9.90. The molecule has 0 bridgehead atoms. The Morgan fingerprint density at radius 2 is 1.85 bits per heavy atom. The van der Waals surface area contributed by atoms with Crippen molar-refractivity contribution in [3.05, 3.63) is 71.8 Å². The summed E-state index contributed by atoms with van der Waals surface area (Å²) in [5, 5.41) is 9.56. The number of piperazine rings is 1. The molecule has 0 radical (unpaired) electrons. The minimum absolute atomic E-state index is 0.0676. The van der Waals surface area contributed by atoms with Crippen molar-refractivity contribution in [2.75, 3.05) is 24.5 Å². The number of hydrogen-bond acceptors (Lipinski definition) is 4. The Kier molecular flexibility index (Phi) is 5.46. The Bertz CT molecular complexity index is 1300. The van der Waals surface area contributed by atoms with Crippen LogP contribution in [0.5, 0.6) is 0 Å². The van der Waals surface area contributed by atoms with E-state index in [-0.39, 0.29) is 18.0 Å². The fraction of sp³-hybridized carbons (Fsp3) is 0.292. The number of amides is 2. The molecule has 9 heteroatoms. The van der Waals surface area contributed by atoms with Crippen LogP contribution in [0.2, 0.25) is 5.02 Å². The Labute approximate surface area is 197 Å². The molecular formula is C24H26ClN7O. The average Bonchev–Trinajstić information content (AvgIpc) is 3.44. The second-order valence-electron chi connectivity index (χ2n) is 8.57. The van der Waals surface area contributed by atoms with Crippen LogP contribution in [0.25, 0.3) is 16.6 Å². The van der Waals surface area contributed by atoms with E-state index >= 15 is 0 Å². The topological polar surface area (TPSA) is 84.7 Å². The fourth-order valence-electron chi connectivity index (χ4n) is 4.67. The molecule has 2 N–H and O–H groups in total. The molecule has 4 heterocycles. The Morgan fingerprint density at radius 3 is 2.55 bits per heavy atom. The monoisotopic (exact) mass is 463 g/mol. The molecule has 1 saturated heterocycles. The number of urea groups is 1. The molecule has 4 aromatic rings. The van der Waals surface area contributed by atoms with Crippen molar-refractivity contribution in [1.82, 2.24) is 24.3 Å². The summed E-state index contributed by atoms with van der Waals surface area (Å²) in [4.78, 5) is 16.3. The molecular weight excluding hydrogens is 438 g/mol. The number of pyridine rings is 1. The maximum atomic E-state index is 12.2. The van der Waals surface area contributed by atoms with Crippen molar-refractivity contribution in [3.63, 3.8) is 0 Å². The molecule has 33 heavy (non-hydrogen) atoms. The van der Waals surface area contributed by atoms with E-state index in [1.807, 2.05) is 60.6 Å². The number of primary amides is 1. The minimum atomic E-state index is -0.388. The van der Waals surface area contributed by atoms with Crippen LogP contribution in [-0.4, -0.2) is 56.0 Å². The van der Waals surface area contributed by atoms with Crippen molar-refractivity contribution in [1.29, 1.82) is 0 Å². The van der Waals surface area contributed by atoms with Crippen LogP contribution in [0.4, 0.5) is 10.5 Å². The molecule has 2 atom stereocenters. The minimum Gasteiger partial charge on any atom is -0.365 e. The Hall–Kier alpha value is -3.52. The van der Waals surface area contributed by atoms with Crippen molar-refractivity contribution in [2.45, 2.75) is 18.9 Å². The van der Waals surface area contributed by atoms with Crippen LogP contribution in [0.1, 0.15) is 18.4 Å². The third-order valence-electron chi connectivity index (χ3n) is 6.55. The maximum absolute atomic E-state index is 12.2. The van der Waals surface area contributed by atoms with Crippen LogP contribution in [0, 0.1) is 0 Å². The molecule has 0 spiro atoms. The van der Waals surface area contributed by atoms with Gasteiger partial charge in [-0.2, -0.15) is 10.2 Å². The van der Waals surface area contributed by atoms with E-state index in [9.17, 15) is 4.79 Å². The van der Waals surface area contributed by atoms with Crippen molar-refractivity contribution >= 4 is 28.8 Å². The number of carbonyl (C=O) groups is 1. The van der Waals surface area contributed by atoms with Crippen LogP contribution in [0.15, 0.2) is 61.2 Å². The van der Waals surface area contributed by atoms with Gasteiger partial charge >= 0.3 is 6.03 Å². The molecule has 8 nitrogen and oxygen atoms in total. The molecule has 0 aliphatic carbocycles. The molecule has 1 aliphatic heterocycles. The summed E-state index contributed by atoms with van der Waals surface area (Å²) in [6.07, 6.45) is 7.74. The fourth-order valence-corrected chi connectivity index (χ4v) is 4.80. The highest BCUT2D eigenvalue weighted by molar-refractivity contribution is 6.30. The number of nitrogens with zero attached hydrogens (tertiary/aromatic N) is 6. The number of anilines is 1. The molecule has 1 fully saturated rings. The van der Waals surface area contributed by atoms with E-state index in [0.29, 0.717) is 24.7 Å². The van der Waals surface area contributed by atoms with Crippen LogP contribution in [-0.2, 0) is 7.05 Å². The number of fused-ring (bicyclic) bond motifs is 1. The zero-order valence-electron chi connectivity index (χ0n) is 18.6. The number of nitrogens with two attached hydrogens (primary N) is 1. The van der Waals surface area contributed by atoms with E-state index < -0.39 is 0 Å². The SMILES string of the molecule is C[C@H](c1ccc(Cl)cc1)C1CN(c2cnn3cc(-c4cnn(C)c4)ccc23)CCN1C(N)=O. The molecule has 1 unspecified atom stereocenters. The van der Waals surface area contributed by atoms with Gasteiger partial charge in [-0.1, -0.05) is 36.7 Å². The quantitative estimate of drug-likeness (QED) is 0.499. The van der Waals surface area contributed by atoms with Crippen LogP contribution < -0.4 is 10.6 Å². The van der Waals surface area contributed by atoms with Crippen LogP contribution in [0.3, 0.4) is 0 Å². The summed E-state index contributed by atoms with van der Waals surface area (Å²) in [5.74, 6) is 0.0941. The number of benzene rings is 1. The molecule has 1 aromatic carbocycles. The Morgan fingerprint density at radius 1 is 1.06 bits per heavy atom. The lowest BCUT2D eigenvalue weighted by Gasteiger charge is -2.44. The van der Waals surface area contributed by atoms with Gasteiger partial charge in [-0.15, -0.1) is 0 Å². The number of hydrogen-bond donors (Lipinski definition) is 1. The zero-order chi connectivity index (χ0) is 23.1. The maximum Gasteiger partial charge on any atom is 0.315 e. The zero-order valence-corrected chi connectivity index (χ0v) is 19.4. The summed E-state index contributed by atoms with van der Waals surface area (Å²) in [6, 6.07) is 11.5. The largest absolute Gasteiger partial charge is 0.365 e. The van der Waals surface area contributed by atoms with Gasteiger partial charge in [0.05, 0.1) is 29.6 Å². The number of halogens is 1. The number of aromatic nitrogens is 4. The summed E-state index contributed by atoms with van der Waals surface area (Å²) in [5.41, 5.74) is 11.0. The van der Waals surface area contributed by atoms with Gasteiger partial charge < -0.3 is 15.5 Å². The molecule has 3 aromatic heterocycles. The number of aryl methyl sites for hydroxylation is 1. The normalized spacial score (nSPS) is 17.5. The van der Waals surface area contributed by atoms with Gasteiger partial charge in [-0.3, -0.25) is 4.68 Å². The summed E-state index contributed by atoms with van der Waals surface area (Å²) in [6.45, 7) is 4.05. The van der Waals surface area contributed by atoms with Crippen molar-refractivity contribution in [2.24, 2.45) is 12.8 Å². The molecule has 1 aliphatic rings. The number of rotatable bonds is 4. The Balaban J connectivity index is 1.44. The lowest BCUT2D eigenvalue weighted by molar-refractivity contribution is 0.164. The third-order valence-corrected chi connectivity index (χ3v) is 6.80. The highest BCUT2D eigenvalue weighted by atomic mass is 35.5. The van der Waals surface area contributed by atoms with Gasteiger partial charge in [-0.25, -0.2) is 9.31 Å². The second-order valence-corrected chi connectivity index (χ2v) is 9.00.